The number of anilines is 1. The van der Waals surface area contributed by atoms with E-state index < -0.39 is 17.8 Å². The first-order chi connectivity index (χ1) is 14.5. The molecular formula is C21H15FN6O2. The lowest BCUT2D eigenvalue weighted by molar-refractivity contribution is 0.0704. The van der Waals surface area contributed by atoms with Gasteiger partial charge in [0.15, 0.2) is 0 Å². The van der Waals surface area contributed by atoms with Crippen LogP contribution in [0, 0.1) is 17.1 Å². The smallest absolute Gasteiger partial charge is 0.257 e. The average molecular weight is 402 g/mol. The van der Waals surface area contributed by atoms with Gasteiger partial charge in [-0.3, -0.25) is 9.20 Å². The van der Waals surface area contributed by atoms with Gasteiger partial charge in [-0.2, -0.15) is 5.26 Å². The number of halogens is 1. The lowest BCUT2D eigenvalue weighted by atomic mass is 10.0. The Labute approximate surface area is 169 Å². The van der Waals surface area contributed by atoms with Crippen molar-refractivity contribution < 1.29 is 13.9 Å². The van der Waals surface area contributed by atoms with Crippen LogP contribution in [0.3, 0.4) is 0 Å². The number of carbonyl (C=O) groups is 1. The van der Waals surface area contributed by atoms with E-state index in [9.17, 15) is 9.18 Å². The van der Waals surface area contributed by atoms with Gasteiger partial charge in [-0.05, 0) is 18.2 Å². The van der Waals surface area contributed by atoms with Crippen molar-refractivity contribution in [1.29, 1.82) is 5.26 Å². The molecule has 0 saturated carbocycles. The Balaban J connectivity index is 1.56. The number of aromatic nitrogens is 3. The molecule has 148 valence electrons. The summed E-state index contributed by atoms with van der Waals surface area (Å²) in [5.41, 5.74) is 8.49. The molecule has 1 aliphatic rings. The van der Waals surface area contributed by atoms with E-state index >= 15 is 0 Å². The number of likely N-dealkylation sites (N-methyl/N-ethyl adjacent to an activating group) is 1. The van der Waals surface area contributed by atoms with E-state index in [1.807, 2.05) is 0 Å². The molecule has 0 spiro atoms. The highest BCUT2D eigenvalue weighted by molar-refractivity contribution is 5.98. The number of rotatable bonds is 2. The van der Waals surface area contributed by atoms with Crippen LogP contribution in [0.5, 0.6) is 5.75 Å². The molecule has 1 aliphatic heterocycles. The Hall–Kier alpha value is -4.19. The largest absolute Gasteiger partial charge is 0.491 e. The zero-order valence-corrected chi connectivity index (χ0v) is 15.8. The summed E-state index contributed by atoms with van der Waals surface area (Å²) in [6.07, 6.45) is 3.10. The molecule has 0 bridgehead atoms. The third-order valence-electron chi connectivity index (χ3n) is 5.38. The van der Waals surface area contributed by atoms with Crippen LogP contribution in [0.4, 0.5) is 10.2 Å². The molecule has 3 heterocycles. The maximum atomic E-state index is 14.8. The minimum atomic E-state index is -0.690. The summed E-state index contributed by atoms with van der Waals surface area (Å²) in [5.74, 6) is -0.403. The molecular weight excluding hydrogens is 387 g/mol. The zero-order chi connectivity index (χ0) is 21.0. The monoisotopic (exact) mass is 402 g/mol. The molecule has 30 heavy (non-hydrogen) atoms. The fraction of sp³-hybridized carbons (Fsp3) is 0.143. The number of amides is 1. The number of nitrogens with two attached hydrogens (primary N) is 1. The van der Waals surface area contributed by atoms with E-state index in [1.165, 1.54) is 17.0 Å². The van der Waals surface area contributed by atoms with Crippen molar-refractivity contribution in [2.45, 2.75) is 6.04 Å². The van der Waals surface area contributed by atoms with Crippen LogP contribution in [0.25, 0.3) is 16.6 Å². The average Bonchev–Trinajstić information content (AvgIpc) is 3.39. The molecule has 4 aromatic rings. The molecule has 0 radical (unpaired) electrons. The molecule has 0 fully saturated rings. The predicted molar refractivity (Wildman–Crippen MR) is 106 cm³/mol. The summed E-state index contributed by atoms with van der Waals surface area (Å²) in [6, 6.07) is 9.38. The fourth-order valence-corrected chi connectivity index (χ4v) is 3.78. The Morgan fingerprint density at radius 1 is 1.37 bits per heavy atom. The van der Waals surface area contributed by atoms with Crippen molar-refractivity contribution in [2.24, 2.45) is 0 Å². The lowest BCUT2D eigenvalue weighted by Crippen LogP contribution is -2.32. The van der Waals surface area contributed by atoms with Crippen molar-refractivity contribution in [3.63, 3.8) is 0 Å². The third kappa shape index (κ3) is 2.54. The number of hydrogen-bond acceptors (Lipinski definition) is 6. The highest BCUT2D eigenvalue weighted by Gasteiger charge is 2.32. The van der Waals surface area contributed by atoms with Crippen molar-refractivity contribution in [3.8, 4) is 11.8 Å². The van der Waals surface area contributed by atoms with Gasteiger partial charge in [0.05, 0.1) is 46.8 Å². The van der Waals surface area contributed by atoms with E-state index in [1.54, 1.807) is 42.2 Å². The quantitative estimate of drug-likeness (QED) is 0.552. The third-order valence-corrected chi connectivity index (χ3v) is 5.38. The van der Waals surface area contributed by atoms with E-state index in [4.69, 9.17) is 15.7 Å². The molecule has 2 N–H and O–H groups in total. The number of imidazole rings is 1. The van der Waals surface area contributed by atoms with Crippen LogP contribution in [-0.4, -0.2) is 38.8 Å². The van der Waals surface area contributed by atoms with Gasteiger partial charge in [-0.15, -0.1) is 0 Å². The first kappa shape index (κ1) is 17.9. The molecule has 1 atom stereocenters. The van der Waals surface area contributed by atoms with Crippen molar-refractivity contribution >= 4 is 28.3 Å². The second-order valence-electron chi connectivity index (χ2n) is 7.07. The second-order valence-corrected chi connectivity index (χ2v) is 7.07. The van der Waals surface area contributed by atoms with Crippen molar-refractivity contribution in [1.82, 2.24) is 19.3 Å². The number of nitrogens with zero attached hydrogens (tertiary/aromatic N) is 5. The summed E-state index contributed by atoms with van der Waals surface area (Å²) in [5, 5.41) is 9.04. The topological polar surface area (TPSA) is 110 Å². The van der Waals surface area contributed by atoms with E-state index in [-0.39, 0.29) is 18.0 Å². The Kier molecular flexibility index (Phi) is 3.83. The van der Waals surface area contributed by atoms with Crippen LogP contribution in [0.1, 0.15) is 27.5 Å². The fourth-order valence-electron chi connectivity index (χ4n) is 3.78. The Morgan fingerprint density at radius 3 is 3.00 bits per heavy atom. The molecule has 0 unspecified atom stereocenters. The first-order valence-corrected chi connectivity index (χ1v) is 9.12. The van der Waals surface area contributed by atoms with Gasteiger partial charge in [0.2, 0.25) is 0 Å². The summed E-state index contributed by atoms with van der Waals surface area (Å²) in [6.45, 7) is 0.228. The number of nitriles is 1. The maximum absolute atomic E-state index is 14.8. The number of benzene rings is 2. The van der Waals surface area contributed by atoms with Gasteiger partial charge >= 0.3 is 0 Å². The lowest BCUT2D eigenvalue weighted by Gasteiger charge is -2.24. The summed E-state index contributed by atoms with van der Waals surface area (Å²) in [7, 11) is 1.60. The number of fused-ring (bicyclic) bond motifs is 4. The van der Waals surface area contributed by atoms with Crippen LogP contribution in [-0.2, 0) is 0 Å². The van der Waals surface area contributed by atoms with Crippen molar-refractivity contribution in [2.75, 3.05) is 19.4 Å². The maximum Gasteiger partial charge on any atom is 0.257 e. The highest BCUT2D eigenvalue weighted by Crippen LogP contribution is 2.37. The standard InChI is InChI=1S/C21H15FN6O2/c1-27(18-9-30-19-4-11(7-23)2-3-12(18)19)21(29)13-5-16-15(6-14(13)22)26-20(24)17-8-25-10-28(16)17/h2-6,8,10,18H,9H2,1H3,(H2,24,26)/t18-/m1/s1. The molecule has 2 aromatic heterocycles. The van der Waals surface area contributed by atoms with E-state index in [0.717, 1.165) is 5.56 Å². The summed E-state index contributed by atoms with van der Waals surface area (Å²) in [4.78, 5) is 22.9. The molecule has 0 aliphatic carbocycles. The first-order valence-electron chi connectivity index (χ1n) is 9.12. The van der Waals surface area contributed by atoms with Gasteiger partial charge in [-0.1, -0.05) is 6.07 Å². The normalized spacial score (nSPS) is 15.0. The van der Waals surface area contributed by atoms with Gasteiger partial charge in [0, 0.05) is 18.7 Å². The summed E-state index contributed by atoms with van der Waals surface area (Å²) >= 11 is 0. The van der Waals surface area contributed by atoms with Crippen LogP contribution >= 0.6 is 0 Å². The van der Waals surface area contributed by atoms with E-state index in [0.29, 0.717) is 27.9 Å². The minimum absolute atomic E-state index is 0.0892. The van der Waals surface area contributed by atoms with Gasteiger partial charge in [-0.25, -0.2) is 14.4 Å². The van der Waals surface area contributed by atoms with Crippen LogP contribution < -0.4 is 10.5 Å². The number of ether oxygens (including phenoxy) is 1. The Bertz CT molecular complexity index is 1390. The van der Waals surface area contributed by atoms with E-state index in [2.05, 4.69) is 16.0 Å². The summed E-state index contributed by atoms with van der Waals surface area (Å²) < 4.78 is 22.2. The van der Waals surface area contributed by atoms with Gasteiger partial charge in [0.1, 0.15) is 29.5 Å². The van der Waals surface area contributed by atoms with Gasteiger partial charge in [0.25, 0.3) is 5.91 Å². The Morgan fingerprint density at radius 2 is 2.20 bits per heavy atom. The van der Waals surface area contributed by atoms with Crippen LogP contribution in [0.15, 0.2) is 42.9 Å². The highest BCUT2D eigenvalue weighted by atomic mass is 19.1. The SMILES string of the molecule is CN(C(=O)c1cc2c(cc1F)nc(N)c1cncn12)[C@@H]1COc2cc(C#N)ccc21. The van der Waals surface area contributed by atoms with Crippen LogP contribution in [0.2, 0.25) is 0 Å². The second kappa shape index (κ2) is 6.42. The number of nitrogen functional groups attached to an aromatic ring is 1. The number of hydrogen-bond donors (Lipinski definition) is 1. The number of carbonyl (C=O) groups excluding carboxylic acids is 1. The molecule has 9 heteroatoms. The predicted octanol–water partition coefficient (Wildman–Crippen LogP) is 2.68. The molecule has 8 nitrogen and oxygen atoms in total. The molecule has 0 saturated heterocycles. The van der Waals surface area contributed by atoms with Crippen molar-refractivity contribution in [3.05, 3.63) is 65.4 Å². The molecule has 1 amide bonds. The zero-order valence-electron chi connectivity index (χ0n) is 15.8. The molecule has 5 rings (SSSR count). The van der Waals surface area contributed by atoms with Gasteiger partial charge < -0.3 is 15.4 Å². The molecule has 2 aromatic carbocycles. The minimum Gasteiger partial charge on any atom is -0.491 e.